The van der Waals surface area contributed by atoms with Crippen molar-refractivity contribution in [3.8, 4) is 5.75 Å². The summed E-state index contributed by atoms with van der Waals surface area (Å²) in [4.78, 5) is 27.3. The third kappa shape index (κ3) is 3.96. The number of aliphatic hydroxyl groups excluding tert-OH is 1. The molecule has 168 valence electrons. The Labute approximate surface area is 193 Å². The maximum atomic E-state index is 13.8. The minimum Gasteiger partial charge on any atom is -0.507 e. The van der Waals surface area contributed by atoms with E-state index in [4.69, 9.17) is 16.3 Å². The van der Waals surface area contributed by atoms with Gasteiger partial charge in [-0.05, 0) is 66.6 Å². The number of anilines is 1. The van der Waals surface area contributed by atoms with Crippen molar-refractivity contribution in [2.24, 2.45) is 0 Å². The van der Waals surface area contributed by atoms with Gasteiger partial charge in [0.15, 0.2) is 0 Å². The van der Waals surface area contributed by atoms with Crippen LogP contribution in [0.15, 0.2) is 66.2 Å². The highest BCUT2D eigenvalue weighted by molar-refractivity contribution is 6.51. The molecule has 5 nitrogen and oxygen atoms in total. The van der Waals surface area contributed by atoms with Gasteiger partial charge in [0.2, 0.25) is 0 Å². The van der Waals surface area contributed by atoms with Gasteiger partial charge in [0.05, 0.1) is 23.7 Å². The minimum absolute atomic E-state index is 0.179. The van der Waals surface area contributed by atoms with Crippen LogP contribution in [0.25, 0.3) is 5.76 Å². The van der Waals surface area contributed by atoms with E-state index in [9.17, 15) is 23.5 Å². The van der Waals surface area contributed by atoms with Crippen molar-refractivity contribution in [1.82, 2.24) is 0 Å². The SMILES string of the molecule is COc1ccc(C2/C(=C(\O)c3ccc(F)c(C)c3)C(=O)C(=O)N2c2ccc(F)c(Cl)c2)cc1. The van der Waals surface area contributed by atoms with Gasteiger partial charge in [0, 0.05) is 11.3 Å². The molecule has 4 rings (SSSR count). The lowest BCUT2D eigenvalue weighted by Crippen LogP contribution is -2.29. The first-order valence-corrected chi connectivity index (χ1v) is 10.3. The molecule has 1 aliphatic rings. The van der Waals surface area contributed by atoms with Crippen molar-refractivity contribution in [3.63, 3.8) is 0 Å². The Morgan fingerprint density at radius 3 is 2.27 bits per heavy atom. The number of aryl methyl sites for hydroxylation is 1. The molecular weight excluding hydrogens is 452 g/mol. The molecule has 1 heterocycles. The molecule has 3 aromatic carbocycles. The van der Waals surface area contributed by atoms with Gasteiger partial charge in [-0.15, -0.1) is 0 Å². The molecule has 1 fully saturated rings. The summed E-state index contributed by atoms with van der Waals surface area (Å²) in [6, 6.07) is 13.1. The van der Waals surface area contributed by atoms with Crippen LogP contribution in [0.1, 0.15) is 22.7 Å². The standard InChI is InChI=1S/C25H18ClF2NO4/c1-13-11-15(5-9-19(13)27)23(30)21-22(14-3-7-17(33-2)8-4-14)29(25(32)24(21)31)16-6-10-20(28)18(26)12-16/h3-12,22,30H,1-2H3/b23-21+. The fourth-order valence-electron chi connectivity index (χ4n) is 3.78. The summed E-state index contributed by atoms with van der Waals surface area (Å²) in [7, 11) is 1.50. The molecule has 33 heavy (non-hydrogen) atoms. The molecule has 1 unspecified atom stereocenters. The molecule has 1 N–H and O–H groups in total. The van der Waals surface area contributed by atoms with Crippen LogP contribution in [0.2, 0.25) is 5.02 Å². The first-order valence-electron chi connectivity index (χ1n) is 9.89. The van der Waals surface area contributed by atoms with Crippen LogP contribution in [0, 0.1) is 18.6 Å². The topological polar surface area (TPSA) is 66.8 Å². The second-order valence-corrected chi connectivity index (χ2v) is 7.91. The molecule has 1 aliphatic heterocycles. The van der Waals surface area contributed by atoms with E-state index in [1.54, 1.807) is 24.3 Å². The number of benzene rings is 3. The normalized spacial score (nSPS) is 17.5. The molecule has 0 bridgehead atoms. The lowest BCUT2D eigenvalue weighted by molar-refractivity contribution is -0.132. The summed E-state index contributed by atoms with van der Waals surface area (Å²) in [5.41, 5.74) is 0.938. The number of hydrogen-bond acceptors (Lipinski definition) is 4. The average molecular weight is 470 g/mol. The Kier molecular flexibility index (Phi) is 5.91. The highest BCUT2D eigenvalue weighted by atomic mass is 35.5. The van der Waals surface area contributed by atoms with Crippen molar-refractivity contribution in [2.75, 3.05) is 12.0 Å². The molecule has 1 atom stereocenters. The number of aliphatic hydroxyl groups is 1. The van der Waals surface area contributed by atoms with E-state index in [1.165, 1.54) is 44.4 Å². The first kappa shape index (κ1) is 22.5. The predicted molar refractivity (Wildman–Crippen MR) is 120 cm³/mol. The summed E-state index contributed by atoms with van der Waals surface area (Å²) in [6.07, 6.45) is 0. The summed E-state index contributed by atoms with van der Waals surface area (Å²) >= 11 is 5.93. The van der Waals surface area contributed by atoms with Gasteiger partial charge in [0.25, 0.3) is 11.7 Å². The molecule has 0 aromatic heterocycles. The molecule has 0 radical (unpaired) electrons. The van der Waals surface area contributed by atoms with Crippen molar-refractivity contribution in [3.05, 3.63) is 99.6 Å². The van der Waals surface area contributed by atoms with Gasteiger partial charge in [-0.3, -0.25) is 14.5 Å². The summed E-state index contributed by atoms with van der Waals surface area (Å²) in [5.74, 6) is -2.91. The highest BCUT2D eigenvalue weighted by Gasteiger charge is 2.47. The Balaban J connectivity index is 1.95. The lowest BCUT2D eigenvalue weighted by Gasteiger charge is -2.25. The van der Waals surface area contributed by atoms with E-state index in [1.807, 2.05) is 0 Å². The van der Waals surface area contributed by atoms with Gasteiger partial charge in [0.1, 0.15) is 23.1 Å². The number of halogens is 3. The molecule has 0 aliphatic carbocycles. The number of methoxy groups -OCH3 is 1. The first-order chi connectivity index (χ1) is 15.7. The van der Waals surface area contributed by atoms with Gasteiger partial charge in [-0.1, -0.05) is 23.7 Å². The summed E-state index contributed by atoms with van der Waals surface area (Å²) in [5, 5.41) is 10.8. The van der Waals surface area contributed by atoms with Crippen molar-refractivity contribution in [1.29, 1.82) is 0 Å². The Morgan fingerprint density at radius 2 is 1.67 bits per heavy atom. The van der Waals surface area contributed by atoms with Crippen LogP contribution < -0.4 is 9.64 Å². The van der Waals surface area contributed by atoms with Gasteiger partial charge >= 0.3 is 0 Å². The molecule has 1 saturated heterocycles. The van der Waals surface area contributed by atoms with E-state index in [-0.39, 0.29) is 27.4 Å². The summed E-state index contributed by atoms with van der Waals surface area (Å²) in [6.45, 7) is 1.52. The number of carbonyl (C=O) groups excluding carboxylic acids is 2. The monoisotopic (exact) mass is 469 g/mol. The Hall–Kier alpha value is -3.71. The fraction of sp³-hybridized carbons (Fsp3) is 0.120. The van der Waals surface area contributed by atoms with Crippen LogP contribution in [0.3, 0.4) is 0 Å². The number of hydrogen-bond donors (Lipinski definition) is 1. The Morgan fingerprint density at radius 1 is 1.00 bits per heavy atom. The highest BCUT2D eigenvalue weighted by Crippen LogP contribution is 2.43. The number of ketones is 1. The van der Waals surface area contributed by atoms with Crippen LogP contribution in [0.5, 0.6) is 5.75 Å². The largest absolute Gasteiger partial charge is 0.507 e. The van der Waals surface area contributed by atoms with Crippen LogP contribution >= 0.6 is 11.6 Å². The number of Topliss-reactive ketones (excluding diaryl/α,β-unsaturated/α-hetero) is 1. The molecule has 8 heteroatoms. The van der Waals surface area contributed by atoms with E-state index >= 15 is 0 Å². The quantitative estimate of drug-likeness (QED) is 0.308. The zero-order valence-electron chi connectivity index (χ0n) is 17.6. The molecule has 3 aromatic rings. The van der Waals surface area contributed by atoms with E-state index in [2.05, 4.69) is 0 Å². The summed E-state index contributed by atoms with van der Waals surface area (Å²) < 4.78 is 32.7. The van der Waals surface area contributed by atoms with Gasteiger partial charge in [-0.25, -0.2) is 8.78 Å². The van der Waals surface area contributed by atoms with E-state index in [0.717, 1.165) is 11.0 Å². The Bertz CT molecular complexity index is 1300. The smallest absolute Gasteiger partial charge is 0.300 e. The number of carbonyl (C=O) groups is 2. The fourth-order valence-corrected chi connectivity index (χ4v) is 3.96. The van der Waals surface area contributed by atoms with Crippen LogP contribution in [0.4, 0.5) is 14.5 Å². The molecule has 1 amide bonds. The van der Waals surface area contributed by atoms with Crippen LogP contribution in [-0.4, -0.2) is 23.9 Å². The van der Waals surface area contributed by atoms with E-state index in [0.29, 0.717) is 11.3 Å². The zero-order chi connectivity index (χ0) is 23.9. The van der Waals surface area contributed by atoms with Crippen molar-refractivity contribution < 1.29 is 28.2 Å². The van der Waals surface area contributed by atoms with Gasteiger partial charge in [-0.2, -0.15) is 0 Å². The van der Waals surface area contributed by atoms with Crippen LogP contribution in [-0.2, 0) is 9.59 Å². The second-order valence-electron chi connectivity index (χ2n) is 7.50. The predicted octanol–water partition coefficient (Wildman–Crippen LogP) is 5.56. The average Bonchev–Trinajstić information content (AvgIpc) is 3.07. The van der Waals surface area contributed by atoms with Crippen molar-refractivity contribution in [2.45, 2.75) is 13.0 Å². The maximum Gasteiger partial charge on any atom is 0.300 e. The minimum atomic E-state index is -1.04. The maximum absolute atomic E-state index is 13.8. The number of ether oxygens (including phenoxy) is 1. The van der Waals surface area contributed by atoms with E-state index < -0.39 is 35.1 Å². The number of rotatable bonds is 4. The lowest BCUT2D eigenvalue weighted by atomic mass is 9.94. The molecular formula is C25H18ClF2NO4. The molecule has 0 spiro atoms. The number of nitrogens with zero attached hydrogens (tertiary/aromatic N) is 1. The second kappa shape index (κ2) is 8.67. The van der Waals surface area contributed by atoms with Crippen molar-refractivity contribution >= 4 is 34.7 Å². The van der Waals surface area contributed by atoms with Gasteiger partial charge < -0.3 is 9.84 Å². The zero-order valence-corrected chi connectivity index (χ0v) is 18.4. The number of amides is 1. The third-order valence-corrected chi connectivity index (χ3v) is 5.78. The molecule has 0 saturated carbocycles. The third-order valence-electron chi connectivity index (χ3n) is 5.49.